The maximum absolute atomic E-state index is 11.5. The van der Waals surface area contributed by atoms with Gasteiger partial charge < -0.3 is 9.64 Å². The second-order valence-electron chi connectivity index (χ2n) is 3.60. The SMILES string of the molecule is O=C([N]C1CCC1)N1CCOCC1. The quantitative estimate of drug-likeness (QED) is 0.597. The molecule has 2 amide bonds. The number of hydrogen-bond donors (Lipinski definition) is 0. The minimum absolute atomic E-state index is 0.0343. The van der Waals surface area contributed by atoms with E-state index < -0.39 is 0 Å². The predicted molar refractivity (Wildman–Crippen MR) is 47.6 cm³/mol. The summed E-state index contributed by atoms with van der Waals surface area (Å²) in [6.45, 7) is 2.72. The summed E-state index contributed by atoms with van der Waals surface area (Å²) in [6, 6.07) is 0.281. The highest BCUT2D eigenvalue weighted by atomic mass is 16.5. The number of urea groups is 1. The molecule has 4 nitrogen and oxygen atoms in total. The Hall–Kier alpha value is -0.770. The highest BCUT2D eigenvalue weighted by Crippen LogP contribution is 2.19. The molecule has 0 atom stereocenters. The van der Waals surface area contributed by atoms with Crippen molar-refractivity contribution in [1.82, 2.24) is 10.2 Å². The van der Waals surface area contributed by atoms with Gasteiger partial charge in [0.25, 0.3) is 0 Å². The fourth-order valence-electron chi connectivity index (χ4n) is 1.51. The van der Waals surface area contributed by atoms with E-state index in [-0.39, 0.29) is 6.03 Å². The van der Waals surface area contributed by atoms with Crippen molar-refractivity contribution in [3.8, 4) is 0 Å². The third kappa shape index (κ3) is 2.12. The molecule has 13 heavy (non-hydrogen) atoms. The summed E-state index contributed by atoms with van der Waals surface area (Å²) in [6.07, 6.45) is 3.41. The van der Waals surface area contributed by atoms with E-state index in [0.717, 1.165) is 12.8 Å². The number of hydrogen-bond acceptors (Lipinski definition) is 2. The van der Waals surface area contributed by atoms with Crippen LogP contribution in [0.2, 0.25) is 0 Å². The van der Waals surface area contributed by atoms with Gasteiger partial charge in [0.05, 0.1) is 19.3 Å². The molecule has 1 aliphatic heterocycles. The zero-order valence-electron chi connectivity index (χ0n) is 7.74. The molecule has 0 unspecified atom stereocenters. The van der Waals surface area contributed by atoms with Crippen LogP contribution >= 0.6 is 0 Å². The van der Waals surface area contributed by atoms with Gasteiger partial charge in [-0.25, -0.2) is 10.1 Å². The van der Waals surface area contributed by atoms with E-state index in [2.05, 4.69) is 5.32 Å². The maximum Gasteiger partial charge on any atom is 0.339 e. The molecule has 0 aromatic heterocycles. The predicted octanol–water partition coefficient (Wildman–Crippen LogP) is 0.595. The normalized spacial score (nSPS) is 23.8. The van der Waals surface area contributed by atoms with Crippen LogP contribution in [0.4, 0.5) is 4.79 Å². The maximum atomic E-state index is 11.5. The van der Waals surface area contributed by atoms with Crippen LogP contribution in [0.15, 0.2) is 0 Å². The molecule has 1 aliphatic carbocycles. The zero-order chi connectivity index (χ0) is 9.10. The molecular weight excluding hydrogens is 168 g/mol. The molecule has 0 aromatic rings. The molecular formula is C9H15N2O2. The molecule has 2 fully saturated rings. The van der Waals surface area contributed by atoms with Crippen molar-refractivity contribution >= 4 is 6.03 Å². The van der Waals surface area contributed by atoms with Crippen molar-refractivity contribution < 1.29 is 9.53 Å². The van der Waals surface area contributed by atoms with Crippen molar-refractivity contribution in [2.75, 3.05) is 26.3 Å². The van der Waals surface area contributed by atoms with Crippen LogP contribution in [0, 0.1) is 0 Å². The fourth-order valence-corrected chi connectivity index (χ4v) is 1.51. The third-order valence-electron chi connectivity index (χ3n) is 2.65. The summed E-state index contributed by atoms with van der Waals surface area (Å²) in [5.74, 6) is 0. The fraction of sp³-hybridized carbons (Fsp3) is 0.889. The van der Waals surface area contributed by atoms with Gasteiger partial charge in [0.2, 0.25) is 0 Å². The Labute approximate surface area is 78.2 Å². The minimum atomic E-state index is -0.0343. The number of ether oxygens (including phenoxy) is 1. The highest BCUT2D eigenvalue weighted by Gasteiger charge is 2.25. The Kier molecular flexibility index (Phi) is 2.68. The molecule has 0 bridgehead atoms. The van der Waals surface area contributed by atoms with E-state index in [1.165, 1.54) is 6.42 Å². The molecule has 4 heteroatoms. The lowest BCUT2D eigenvalue weighted by atomic mass is 9.93. The van der Waals surface area contributed by atoms with Crippen molar-refractivity contribution in [2.24, 2.45) is 0 Å². The number of rotatable bonds is 1. The van der Waals surface area contributed by atoms with Crippen molar-refractivity contribution in [3.63, 3.8) is 0 Å². The summed E-state index contributed by atoms with van der Waals surface area (Å²) in [5.41, 5.74) is 0. The van der Waals surface area contributed by atoms with Crippen LogP contribution in [0.25, 0.3) is 0 Å². The lowest BCUT2D eigenvalue weighted by Crippen LogP contribution is -2.47. The molecule has 0 aromatic carbocycles. The number of carbonyl (C=O) groups is 1. The van der Waals surface area contributed by atoms with Gasteiger partial charge in [-0.15, -0.1) is 0 Å². The second-order valence-corrected chi connectivity index (χ2v) is 3.60. The summed E-state index contributed by atoms with van der Waals surface area (Å²) in [7, 11) is 0. The van der Waals surface area contributed by atoms with E-state index in [9.17, 15) is 4.79 Å². The van der Waals surface area contributed by atoms with E-state index in [0.29, 0.717) is 32.3 Å². The van der Waals surface area contributed by atoms with E-state index in [1.54, 1.807) is 4.90 Å². The number of amides is 2. The van der Waals surface area contributed by atoms with Crippen LogP contribution in [0.5, 0.6) is 0 Å². The Morgan fingerprint density at radius 1 is 1.31 bits per heavy atom. The summed E-state index contributed by atoms with van der Waals surface area (Å²) < 4.78 is 5.16. The second kappa shape index (κ2) is 3.96. The Balaban J connectivity index is 1.74. The number of carbonyl (C=O) groups excluding carboxylic acids is 1. The van der Waals surface area contributed by atoms with Gasteiger partial charge in [-0.05, 0) is 19.3 Å². The van der Waals surface area contributed by atoms with E-state index in [4.69, 9.17) is 4.74 Å². The van der Waals surface area contributed by atoms with Crippen LogP contribution in [0.3, 0.4) is 0 Å². The van der Waals surface area contributed by atoms with Gasteiger partial charge >= 0.3 is 6.03 Å². The summed E-state index contributed by atoms with van der Waals surface area (Å²) in [5, 5.41) is 4.14. The van der Waals surface area contributed by atoms with Gasteiger partial charge in [-0.2, -0.15) is 0 Å². The first-order valence-electron chi connectivity index (χ1n) is 4.94. The lowest BCUT2D eigenvalue weighted by Gasteiger charge is -2.30. The Bertz CT molecular complexity index is 186. The van der Waals surface area contributed by atoms with Crippen molar-refractivity contribution in [1.29, 1.82) is 0 Å². The van der Waals surface area contributed by atoms with Gasteiger partial charge in [0, 0.05) is 13.1 Å². The lowest BCUT2D eigenvalue weighted by molar-refractivity contribution is 0.0514. The molecule has 1 saturated carbocycles. The molecule has 2 aliphatic rings. The first-order valence-corrected chi connectivity index (χ1v) is 4.94. The number of nitrogens with zero attached hydrogens (tertiary/aromatic N) is 2. The molecule has 0 N–H and O–H groups in total. The first kappa shape index (κ1) is 8.81. The largest absolute Gasteiger partial charge is 0.378 e. The summed E-state index contributed by atoms with van der Waals surface area (Å²) >= 11 is 0. The standard InChI is InChI=1S/C9H15N2O2/c12-9(10-8-2-1-3-8)11-4-6-13-7-5-11/h8H,1-7H2. The molecule has 1 saturated heterocycles. The first-order chi connectivity index (χ1) is 6.36. The van der Waals surface area contributed by atoms with E-state index in [1.807, 2.05) is 0 Å². The Morgan fingerprint density at radius 2 is 2.00 bits per heavy atom. The minimum Gasteiger partial charge on any atom is -0.378 e. The molecule has 2 rings (SSSR count). The van der Waals surface area contributed by atoms with Crippen LogP contribution in [-0.2, 0) is 4.74 Å². The average Bonchev–Trinajstić information content (AvgIpc) is 2.12. The molecule has 1 heterocycles. The third-order valence-corrected chi connectivity index (χ3v) is 2.65. The zero-order valence-corrected chi connectivity index (χ0v) is 7.74. The van der Waals surface area contributed by atoms with Crippen molar-refractivity contribution in [2.45, 2.75) is 25.3 Å². The van der Waals surface area contributed by atoms with Crippen LogP contribution < -0.4 is 5.32 Å². The molecule has 1 radical (unpaired) electrons. The molecule has 0 spiro atoms. The highest BCUT2D eigenvalue weighted by molar-refractivity contribution is 5.74. The van der Waals surface area contributed by atoms with Gasteiger partial charge in [-0.3, -0.25) is 0 Å². The summed E-state index contributed by atoms with van der Waals surface area (Å²) in [4.78, 5) is 13.3. The topological polar surface area (TPSA) is 43.6 Å². The smallest absolute Gasteiger partial charge is 0.339 e. The van der Waals surface area contributed by atoms with Gasteiger partial charge in [0.15, 0.2) is 0 Å². The monoisotopic (exact) mass is 183 g/mol. The van der Waals surface area contributed by atoms with Crippen molar-refractivity contribution in [3.05, 3.63) is 0 Å². The average molecular weight is 183 g/mol. The molecule has 73 valence electrons. The van der Waals surface area contributed by atoms with Crippen LogP contribution in [0.1, 0.15) is 19.3 Å². The van der Waals surface area contributed by atoms with Gasteiger partial charge in [-0.1, -0.05) is 0 Å². The number of morpholine rings is 1. The Morgan fingerprint density at radius 3 is 2.54 bits per heavy atom. The van der Waals surface area contributed by atoms with Gasteiger partial charge in [0.1, 0.15) is 0 Å². The van der Waals surface area contributed by atoms with Crippen LogP contribution in [-0.4, -0.2) is 43.3 Å². The van der Waals surface area contributed by atoms with E-state index >= 15 is 0 Å².